The molecule has 0 aromatic rings. The first kappa shape index (κ1) is 21.3. The van der Waals surface area contributed by atoms with Gasteiger partial charge in [-0.2, -0.15) is 0 Å². The van der Waals surface area contributed by atoms with E-state index in [-0.39, 0.29) is 0 Å². The van der Waals surface area contributed by atoms with Gasteiger partial charge >= 0.3 is 0 Å². The summed E-state index contributed by atoms with van der Waals surface area (Å²) in [6.45, 7) is 6.28. The number of aliphatic hydroxyl groups excluding tert-OH is 1. The van der Waals surface area contributed by atoms with Crippen LogP contribution in [0.3, 0.4) is 0 Å². The number of rotatable bonds is 12. The Morgan fingerprint density at radius 1 is 0.818 bits per heavy atom. The van der Waals surface area contributed by atoms with Crippen LogP contribution in [0.4, 0.5) is 0 Å². The van der Waals surface area contributed by atoms with Crippen LogP contribution >= 0.6 is 0 Å². The summed E-state index contributed by atoms with van der Waals surface area (Å²) >= 11 is 0. The highest BCUT2D eigenvalue weighted by molar-refractivity contribution is 5.24. The highest BCUT2D eigenvalue weighted by atomic mass is 16.3. The van der Waals surface area contributed by atoms with Crippen LogP contribution in [0.1, 0.15) is 111 Å². The van der Waals surface area contributed by atoms with Crippen molar-refractivity contribution in [1.82, 2.24) is 0 Å². The normalized spacial score (nSPS) is 14.0. The molecule has 1 rings (SSSR count). The maximum absolute atomic E-state index is 9.48. The van der Waals surface area contributed by atoms with Gasteiger partial charge in [0.2, 0.25) is 0 Å². The van der Waals surface area contributed by atoms with Gasteiger partial charge in [-0.1, -0.05) is 91.1 Å². The summed E-state index contributed by atoms with van der Waals surface area (Å²) in [5.41, 5.74) is 1.35. The Morgan fingerprint density at radius 2 is 1.32 bits per heavy atom. The summed E-state index contributed by atoms with van der Waals surface area (Å²) in [6, 6.07) is 0. The van der Waals surface area contributed by atoms with E-state index in [2.05, 4.69) is 13.0 Å². The molecule has 0 aromatic heterocycles. The SMILES string of the molecule is CC.CCCCCCCCCCCCCC1=CCCC(O)=C1. The predicted molar refractivity (Wildman–Crippen MR) is 100 cm³/mol. The Hall–Kier alpha value is -0.720. The minimum absolute atomic E-state index is 0.575. The average molecular weight is 309 g/mol. The minimum Gasteiger partial charge on any atom is -0.512 e. The average Bonchev–Trinajstić information content (AvgIpc) is 2.54. The Kier molecular flexibility index (Phi) is 16.1. The molecule has 0 heterocycles. The molecule has 0 fully saturated rings. The standard InChI is InChI=1S/C19H34O.C2H6/c1-2-3-4-5-6-7-8-9-10-11-12-14-18-15-13-16-19(20)17-18;1-2/h15,17,20H,2-14,16H2,1H3;1-2H3. The largest absolute Gasteiger partial charge is 0.512 e. The molecule has 1 nitrogen and oxygen atoms in total. The second-order valence-corrected chi connectivity index (χ2v) is 6.24. The fourth-order valence-electron chi connectivity index (χ4n) is 2.92. The van der Waals surface area contributed by atoms with Crippen molar-refractivity contribution in [3.63, 3.8) is 0 Å². The van der Waals surface area contributed by atoms with Crippen LogP contribution in [-0.4, -0.2) is 5.11 Å². The molecule has 0 amide bonds. The van der Waals surface area contributed by atoms with Crippen LogP contribution in [0, 0.1) is 0 Å². The molecule has 0 saturated heterocycles. The van der Waals surface area contributed by atoms with E-state index in [9.17, 15) is 5.11 Å². The zero-order chi connectivity index (χ0) is 16.5. The van der Waals surface area contributed by atoms with Gasteiger partial charge in [-0.3, -0.25) is 0 Å². The van der Waals surface area contributed by atoms with Crippen LogP contribution in [-0.2, 0) is 0 Å². The van der Waals surface area contributed by atoms with Crippen molar-refractivity contribution in [2.45, 2.75) is 111 Å². The van der Waals surface area contributed by atoms with E-state index in [1.807, 2.05) is 19.9 Å². The van der Waals surface area contributed by atoms with Crippen LogP contribution < -0.4 is 0 Å². The number of unbranched alkanes of at least 4 members (excludes halogenated alkanes) is 10. The van der Waals surface area contributed by atoms with Crippen molar-refractivity contribution in [1.29, 1.82) is 0 Å². The molecule has 1 N–H and O–H groups in total. The van der Waals surface area contributed by atoms with E-state index in [1.54, 1.807) is 0 Å². The summed E-state index contributed by atoms with van der Waals surface area (Å²) in [5.74, 6) is 0.575. The Morgan fingerprint density at radius 3 is 1.82 bits per heavy atom. The van der Waals surface area contributed by atoms with Crippen LogP contribution in [0.2, 0.25) is 0 Å². The summed E-state index contributed by atoms with van der Waals surface area (Å²) in [5, 5.41) is 9.48. The van der Waals surface area contributed by atoms with E-state index >= 15 is 0 Å². The van der Waals surface area contributed by atoms with E-state index < -0.39 is 0 Å². The lowest BCUT2D eigenvalue weighted by atomic mass is 9.99. The fourth-order valence-corrected chi connectivity index (χ4v) is 2.92. The maximum atomic E-state index is 9.48. The molecule has 130 valence electrons. The Balaban J connectivity index is 0.00000211. The van der Waals surface area contributed by atoms with Gasteiger partial charge in [-0.15, -0.1) is 0 Å². The molecule has 0 bridgehead atoms. The van der Waals surface area contributed by atoms with E-state index in [0.29, 0.717) is 5.76 Å². The summed E-state index contributed by atoms with van der Waals surface area (Å²) in [7, 11) is 0. The molecule has 1 heteroatoms. The minimum atomic E-state index is 0.575. The monoisotopic (exact) mass is 308 g/mol. The van der Waals surface area contributed by atoms with Gasteiger partial charge < -0.3 is 5.11 Å². The summed E-state index contributed by atoms with van der Waals surface area (Å²) in [4.78, 5) is 0. The first-order valence-corrected chi connectivity index (χ1v) is 9.91. The molecular formula is C21H40O. The number of allylic oxidation sites excluding steroid dienone is 4. The van der Waals surface area contributed by atoms with Gasteiger partial charge in [-0.25, -0.2) is 0 Å². The zero-order valence-electron chi connectivity index (χ0n) is 15.5. The second-order valence-electron chi connectivity index (χ2n) is 6.24. The van der Waals surface area contributed by atoms with Gasteiger partial charge in [0.05, 0.1) is 5.76 Å². The first-order valence-electron chi connectivity index (χ1n) is 9.91. The molecule has 0 atom stereocenters. The number of aliphatic hydroxyl groups is 1. The molecule has 0 unspecified atom stereocenters. The molecule has 0 aliphatic heterocycles. The summed E-state index contributed by atoms with van der Waals surface area (Å²) < 4.78 is 0. The molecule has 1 aliphatic rings. The van der Waals surface area contributed by atoms with E-state index in [1.165, 1.54) is 76.2 Å². The van der Waals surface area contributed by atoms with Crippen LogP contribution in [0.25, 0.3) is 0 Å². The van der Waals surface area contributed by atoms with Gasteiger partial charge in [0.1, 0.15) is 0 Å². The van der Waals surface area contributed by atoms with Crippen molar-refractivity contribution < 1.29 is 5.11 Å². The van der Waals surface area contributed by atoms with E-state index in [0.717, 1.165) is 19.3 Å². The molecule has 0 aromatic carbocycles. The third kappa shape index (κ3) is 13.0. The van der Waals surface area contributed by atoms with Crippen LogP contribution in [0.15, 0.2) is 23.5 Å². The van der Waals surface area contributed by atoms with Gasteiger partial charge in [0.25, 0.3) is 0 Å². The molecule has 0 spiro atoms. The number of hydrogen-bond acceptors (Lipinski definition) is 1. The smallest absolute Gasteiger partial charge is 0.0928 e. The lowest BCUT2D eigenvalue weighted by Crippen LogP contribution is -1.92. The fraction of sp³-hybridized carbons (Fsp3) is 0.810. The maximum Gasteiger partial charge on any atom is 0.0928 e. The lowest BCUT2D eigenvalue weighted by Gasteiger charge is -2.09. The molecule has 1 aliphatic carbocycles. The van der Waals surface area contributed by atoms with Gasteiger partial charge in [0.15, 0.2) is 0 Å². The highest BCUT2D eigenvalue weighted by Crippen LogP contribution is 2.20. The Bertz CT molecular complexity index is 288. The quantitative estimate of drug-likeness (QED) is 0.363. The topological polar surface area (TPSA) is 20.2 Å². The number of hydrogen-bond donors (Lipinski definition) is 1. The second kappa shape index (κ2) is 16.6. The predicted octanol–water partition coefficient (Wildman–Crippen LogP) is 7.88. The highest BCUT2D eigenvalue weighted by Gasteiger charge is 2.03. The molecule has 0 saturated carbocycles. The van der Waals surface area contributed by atoms with Crippen molar-refractivity contribution in [3.8, 4) is 0 Å². The molecule has 22 heavy (non-hydrogen) atoms. The molecule has 0 radical (unpaired) electrons. The Labute approximate surface area is 139 Å². The third-order valence-corrected chi connectivity index (χ3v) is 4.23. The van der Waals surface area contributed by atoms with Gasteiger partial charge in [-0.05, 0) is 30.9 Å². The van der Waals surface area contributed by atoms with Gasteiger partial charge in [0, 0.05) is 6.42 Å². The zero-order valence-corrected chi connectivity index (χ0v) is 15.5. The van der Waals surface area contributed by atoms with E-state index in [4.69, 9.17) is 0 Å². The summed E-state index contributed by atoms with van der Waals surface area (Å²) in [6.07, 6.45) is 22.7. The lowest BCUT2D eigenvalue weighted by molar-refractivity contribution is 0.385. The van der Waals surface area contributed by atoms with Crippen molar-refractivity contribution in [3.05, 3.63) is 23.5 Å². The van der Waals surface area contributed by atoms with Crippen LogP contribution in [0.5, 0.6) is 0 Å². The third-order valence-electron chi connectivity index (χ3n) is 4.23. The molecular weight excluding hydrogens is 268 g/mol. The van der Waals surface area contributed by atoms with Crippen molar-refractivity contribution in [2.75, 3.05) is 0 Å². The first-order chi connectivity index (χ1) is 10.8. The van der Waals surface area contributed by atoms with Crippen molar-refractivity contribution >= 4 is 0 Å². The van der Waals surface area contributed by atoms with Crippen molar-refractivity contribution in [2.24, 2.45) is 0 Å².